The molecule has 0 saturated heterocycles. The van der Waals surface area contributed by atoms with Gasteiger partial charge in [-0.25, -0.2) is 18.7 Å². The Kier molecular flexibility index (Phi) is 6.88. The molecule has 0 unspecified atom stereocenters. The third-order valence-corrected chi connectivity index (χ3v) is 4.74. The predicted octanol–water partition coefficient (Wildman–Crippen LogP) is 4.38. The van der Waals surface area contributed by atoms with E-state index in [1.54, 1.807) is 0 Å². The first kappa shape index (κ1) is 22.0. The minimum absolute atomic E-state index is 0.0732. The van der Waals surface area contributed by atoms with E-state index in [9.17, 15) is 22.4 Å². The van der Waals surface area contributed by atoms with Crippen LogP contribution in [0.5, 0.6) is 0 Å². The van der Waals surface area contributed by atoms with E-state index in [1.807, 2.05) is 0 Å². The van der Waals surface area contributed by atoms with Crippen molar-refractivity contribution in [3.63, 3.8) is 0 Å². The molecule has 30 heavy (non-hydrogen) atoms. The van der Waals surface area contributed by atoms with Crippen LogP contribution in [0.2, 0.25) is 5.02 Å². The zero-order chi connectivity index (χ0) is 21.8. The van der Waals surface area contributed by atoms with Crippen molar-refractivity contribution in [1.82, 2.24) is 14.5 Å². The van der Waals surface area contributed by atoms with Gasteiger partial charge in [-0.2, -0.15) is 8.78 Å². The Bertz CT molecular complexity index is 1120. The van der Waals surface area contributed by atoms with Crippen molar-refractivity contribution in [3.05, 3.63) is 51.5 Å². The molecule has 2 N–H and O–H groups in total. The van der Waals surface area contributed by atoms with Crippen molar-refractivity contribution >= 4 is 28.2 Å². The molecule has 2 heterocycles. The lowest BCUT2D eigenvalue weighted by atomic mass is 10.1. The van der Waals surface area contributed by atoms with Gasteiger partial charge in [-0.15, -0.1) is 0 Å². The van der Waals surface area contributed by atoms with Crippen molar-refractivity contribution in [2.75, 3.05) is 12.3 Å². The molecule has 0 saturated carbocycles. The Morgan fingerprint density at radius 2 is 1.97 bits per heavy atom. The second-order valence-electron chi connectivity index (χ2n) is 6.45. The summed E-state index contributed by atoms with van der Waals surface area (Å²) in [6.07, 6.45) is 4.03. The molecule has 0 radical (unpaired) electrons. The number of unbranched alkanes of at least 4 members (excludes halogenated alkanes) is 2. The molecule has 1 aromatic carbocycles. The van der Waals surface area contributed by atoms with Crippen LogP contribution in [0.15, 0.2) is 29.3 Å². The zero-order valence-electron chi connectivity index (χ0n) is 15.5. The number of hydrogen-bond donors (Lipinski definition) is 1. The fourth-order valence-corrected chi connectivity index (χ4v) is 3.05. The zero-order valence-corrected chi connectivity index (χ0v) is 16.3. The molecular formula is C19H17ClF4N4O2. The van der Waals surface area contributed by atoms with Crippen LogP contribution in [0.1, 0.15) is 19.3 Å². The van der Waals surface area contributed by atoms with Crippen LogP contribution in [0.3, 0.4) is 0 Å². The third kappa shape index (κ3) is 4.71. The Morgan fingerprint density at radius 3 is 2.67 bits per heavy atom. The molecule has 2 aromatic heterocycles. The monoisotopic (exact) mass is 444 g/mol. The molecule has 3 aromatic rings. The normalized spacial score (nSPS) is 11.5. The molecule has 160 valence electrons. The maximum absolute atomic E-state index is 14.7. The van der Waals surface area contributed by atoms with Gasteiger partial charge in [0.05, 0.1) is 23.8 Å². The number of nitrogens with two attached hydrogens (primary N) is 1. The number of alkyl halides is 2. The molecular weight excluding hydrogens is 428 g/mol. The molecule has 0 bridgehead atoms. The van der Waals surface area contributed by atoms with Gasteiger partial charge in [0.2, 0.25) is 0 Å². The molecule has 0 aliphatic rings. The highest BCUT2D eigenvalue weighted by molar-refractivity contribution is 6.32. The Hall–Kier alpha value is -2.72. The Labute approximate surface area is 173 Å². The number of ether oxygens (including phenoxy) is 1. The lowest BCUT2D eigenvalue weighted by Gasteiger charge is -2.11. The lowest BCUT2D eigenvalue weighted by Crippen LogP contribution is -2.21. The van der Waals surface area contributed by atoms with Crippen LogP contribution in [-0.4, -0.2) is 27.8 Å². The lowest BCUT2D eigenvalue weighted by molar-refractivity contribution is -0.129. The smallest absolute Gasteiger partial charge is 0.345 e. The summed E-state index contributed by atoms with van der Waals surface area (Å²) < 4.78 is 58.6. The number of rotatable bonds is 8. The molecule has 6 nitrogen and oxygen atoms in total. The minimum atomic E-state index is -2.81. The maximum Gasteiger partial charge on any atom is 0.345 e. The quantitative estimate of drug-likeness (QED) is 0.412. The van der Waals surface area contributed by atoms with Gasteiger partial charge >= 0.3 is 6.61 Å². The number of aromatic nitrogens is 3. The fraction of sp³-hybridized carbons (Fsp3) is 0.316. The summed E-state index contributed by atoms with van der Waals surface area (Å²) in [6.45, 7) is -2.68. The molecule has 3 rings (SSSR count). The number of nitrogen functional groups attached to an aromatic ring is 1. The topological polar surface area (TPSA) is 83.0 Å². The summed E-state index contributed by atoms with van der Waals surface area (Å²) in [7, 11) is 0. The molecule has 0 aliphatic heterocycles. The summed E-state index contributed by atoms with van der Waals surface area (Å²) in [5.74, 6) is -2.84. The van der Waals surface area contributed by atoms with E-state index in [0.29, 0.717) is 19.3 Å². The van der Waals surface area contributed by atoms with E-state index in [1.165, 1.54) is 29.1 Å². The van der Waals surface area contributed by atoms with Crippen LogP contribution in [0.25, 0.3) is 22.2 Å². The van der Waals surface area contributed by atoms with Gasteiger partial charge in [0.1, 0.15) is 10.8 Å². The minimum Gasteiger partial charge on any atom is -0.382 e. The number of fused-ring (bicyclic) bond motifs is 1. The van der Waals surface area contributed by atoms with Gasteiger partial charge in [0.25, 0.3) is 5.56 Å². The SMILES string of the molecule is Nc1nc(-c2cc3ccn(CCCCCOC(F)F)c(=O)c3c(F)c2F)ncc1Cl. The highest BCUT2D eigenvalue weighted by Crippen LogP contribution is 2.28. The number of anilines is 1. The second kappa shape index (κ2) is 9.40. The summed E-state index contributed by atoms with van der Waals surface area (Å²) >= 11 is 5.75. The molecule has 0 spiro atoms. The van der Waals surface area contributed by atoms with Crippen LogP contribution >= 0.6 is 11.6 Å². The van der Waals surface area contributed by atoms with Crippen molar-refractivity contribution in [2.24, 2.45) is 0 Å². The first-order valence-electron chi connectivity index (χ1n) is 8.99. The van der Waals surface area contributed by atoms with Crippen molar-refractivity contribution in [3.8, 4) is 11.4 Å². The molecule has 0 aliphatic carbocycles. The van der Waals surface area contributed by atoms with Crippen molar-refractivity contribution < 1.29 is 22.3 Å². The average molecular weight is 445 g/mol. The van der Waals surface area contributed by atoms with Gasteiger partial charge in [-0.1, -0.05) is 11.6 Å². The molecule has 0 amide bonds. The van der Waals surface area contributed by atoms with Crippen LogP contribution in [0, 0.1) is 11.6 Å². The maximum atomic E-state index is 14.7. The Balaban J connectivity index is 1.86. The van der Waals surface area contributed by atoms with Gasteiger partial charge in [-0.05, 0) is 36.8 Å². The number of hydrogen-bond acceptors (Lipinski definition) is 5. The van der Waals surface area contributed by atoms with Crippen molar-refractivity contribution in [2.45, 2.75) is 32.4 Å². The van der Waals surface area contributed by atoms with Gasteiger partial charge in [-0.3, -0.25) is 4.79 Å². The first-order chi connectivity index (χ1) is 14.3. The largest absolute Gasteiger partial charge is 0.382 e. The van der Waals surface area contributed by atoms with Gasteiger partial charge in [0.15, 0.2) is 17.5 Å². The Morgan fingerprint density at radius 1 is 1.20 bits per heavy atom. The average Bonchev–Trinajstić information content (AvgIpc) is 2.70. The van der Waals surface area contributed by atoms with E-state index in [-0.39, 0.29) is 40.8 Å². The number of nitrogens with zero attached hydrogens (tertiary/aromatic N) is 3. The van der Waals surface area contributed by atoms with E-state index < -0.39 is 29.2 Å². The number of benzene rings is 1. The highest BCUT2D eigenvalue weighted by Gasteiger charge is 2.20. The van der Waals surface area contributed by atoms with E-state index >= 15 is 0 Å². The summed E-state index contributed by atoms with van der Waals surface area (Å²) in [6, 6.07) is 2.74. The van der Waals surface area contributed by atoms with Crippen LogP contribution < -0.4 is 11.3 Å². The number of pyridine rings is 1. The van der Waals surface area contributed by atoms with Crippen molar-refractivity contribution in [1.29, 1.82) is 0 Å². The fourth-order valence-electron chi connectivity index (χ4n) is 2.96. The standard InChI is InChI=1S/C19H17ClF4N4O2/c20-12-9-26-17(27-16(12)25)11-8-10-4-6-28(5-2-1-3-7-30-19(23)24)18(29)13(10)15(22)14(11)21/h4,6,8-9,19H,1-3,5,7H2,(H2,25,26,27). The summed E-state index contributed by atoms with van der Waals surface area (Å²) in [5, 5.41) is -0.154. The molecule has 0 atom stereocenters. The summed E-state index contributed by atoms with van der Waals surface area (Å²) in [5.41, 5.74) is 4.65. The van der Waals surface area contributed by atoms with Gasteiger partial charge in [0, 0.05) is 12.7 Å². The van der Waals surface area contributed by atoms with E-state index in [2.05, 4.69) is 14.7 Å². The summed E-state index contributed by atoms with van der Waals surface area (Å²) in [4.78, 5) is 20.3. The predicted molar refractivity (Wildman–Crippen MR) is 104 cm³/mol. The third-order valence-electron chi connectivity index (χ3n) is 4.45. The van der Waals surface area contributed by atoms with E-state index in [4.69, 9.17) is 17.3 Å². The van der Waals surface area contributed by atoms with Crippen LogP contribution in [0.4, 0.5) is 23.4 Å². The van der Waals surface area contributed by atoms with Gasteiger partial charge < -0.3 is 15.0 Å². The second-order valence-corrected chi connectivity index (χ2v) is 6.86. The molecule has 0 fully saturated rings. The first-order valence-corrected chi connectivity index (χ1v) is 9.36. The van der Waals surface area contributed by atoms with Crippen LogP contribution in [-0.2, 0) is 11.3 Å². The number of aryl methyl sites for hydroxylation is 1. The number of halogens is 5. The highest BCUT2D eigenvalue weighted by atomic mass is 35.5. The molecule has 11 heteroatoms. The van der Waals surface area contributed by atoms with E-state index in [0.717, 1.165) is 0 Å².